The molecule has 0 aliphatic carbocycles. The second-order valence-electron chi connectivity index (χ2n) is 4.45. The number of benzene rings is 2. The van der Waals surface area contributed by atoms with Crippen LogP contribution in [0.5, 0.6) is 11.5 Å². The van der Waals surface area contributed by atoms with E-state index >= 15 is 0 Å². The van der Waals surface area contributed by atoms with Gasteiger partial charge in [-0.1, -0.05) is 23.2 Å². The maximum absolute atomic E-state index is 9.43. The van der Waals surface area contributed by atoms with Crippen molar-refractivity contribution in [1.82, 2.24) is 9.78 Å². The number of nitrogens with zero attached hydrogens (tertiary/aromatic N) is 2. The van der Waals surface area contributed by atoms with Gasteiger partial charge in [-0.05, 0) is 42.5 Å². The Morgan fingerprint density at radius 3 is 2.19 bits per heavy atom. The lowest BCUT2D eigenvalue weighted by Crippen LogP contribution is -1.94. The Bertz CT molecular complexity index is 749. The minimum Gasteiger partial charge on any atom is -0.506 e. The Hall–Kier alpha value is -2.17. The maximum atomic E-state index is 9.43. The highest BCUT2D eigenvalue weighted by molar-refractivity contribution is 6.32. The fourth-order valence-corrected chi connectivity index (χ4v) is 2.28. The van der Waals surface area contributed by atoms with Crippen molar-refractivity contribution in [2.75, 3.05) is 0 Å². The quantitative estimate of drug-likeness (QED) is 0.741. The highest BCUT2D eigenvalue weighted by Crippen LogP contribution is 2.29. The lowest BCUT2D eigenvalue weighted by atomic mass is 10.1. The van der Waals surface area contributed by atoms with Crippen molar-refractivity contribution in [3.63, 3.8) is 0 Å². The van der Waals surface area contributed by atoms with Crippen molar-refractivity contribution in [1.29, 1.82) is 0 Å². The van der Waals surface area contributed by atoms with Crippen LogP contribution in [0.2, 0.25) is 10.0 Å². The van der Waals surface area contributed by atoms with Crippen LogP contribution in [0.4, 0.5) is 0 Å². The van der Waals surface area contributed by atoms with Gasteiger partial charge in [0.05, 0.1) is 21.4 Å². The number of aromatic hydroxyl groups is 2. The number of rotatable bonds is 2. The summed E-state index contributed by atoms with van der Waals surface area (Å²) in [5.74, 6) is 0.0586. The standard InChI is InChI=1S/C15H10Cl2N2O2/c16-11-7-9(1-3-14(11)20)13-5-6-19(18-13)10-2-4-15(21)12(17)8-10/h1-8,20-21H. The summed E-state index contributed by atoms with van der Waals surface area (Å²) in [7, 11) is 0. The van der Waals surface area contributed by atoms with E-state index in [2.05, 4.69) is 5.10 Å². The number of hydrogen-bond acceptors (Lipinski definition) is 3. The minimum atomic E-state index is 0.0260. The first kappa shape index (κ1) is 13.8. The molecule has 1 heterocycles. The lowest BCUT2D eigenvalue weighted by Gasteiger charge is -2.04. The average Bonchev–Trinajstić information content (AvgIpc) is 2.94. The van der Waals surface area contributed by atoms with Gasteiger partial charge < -0.3 is 10.2 Å². The van der Waals surface area contributed by atoms with Crippen molar-refractivity contribution in [3.05, 3.63) is 58.7 Å². The summed E-state index contributed by atoms with van der Waals surface area (Å²) in [6, 6.07) is 11.6. The first-order valence-electron chi connectivity index (χ1n) is 6.08. The van der Waals surface area contributed by atoms with Crippen molar-refractivity contribution >= 4 is 23.2 Å². The third-order valence-corrected chi connectivity index (χ3v) is 3.63. The topological polar surface area (TPSA) is 58.3 Å². The Balaban J connectivity index is 1.99. The molecule has 0 bridgehead atoms. The van der Waals surface area contributed by atoms with Crippen molar-refractivity contribution < 1.29 is 10.2 Å². The summed E-state index contributed by atoms with van der Waals surface area (Å²) >= 11 is 11.8. The average molecular weight is 321 g/mol. The van der Waals surface area contributed by atoms with E-state index in [1.165, 1.54) is 12.1 Å². The second-order valence-corrected chi connectivity index (χ2v) is 5.26. The van der Waals surface area contributed by atoms with Crippen LogP contribution in [-0.4, -0.2) is 20.0 Å². The smallest absolute Gasteiger partial charge is 0.134 e. The molecule has 1 aromatic heterocycles. The zero-order chi connectivity index (χ0) is 15.0. The van der Waals surface area contributed by atoms with Gasteiger partial charge in [-0.2, -0.15) is 5.10 Å². The molecule has 0 spiro atoms. The highest BCUT2D eigenvalue weighted by atomic mass is 35.5. The molecule has 0 atom stereocenters. The summed E-state index contributed by atoms with van der Waals surface area (Å²) in [5.41, 5.74) is 2.23. The summed E-state index contributed by atoms with van der Waals surface area (Å²) in [6.45, 7) is 0. The number of phenols is 2. The van der Waals surface area contributed by atoms with Crippen molar-refractivity contribution in [2.24, 2.45) is 0 Å². The highest BCUT2D eigenvalue weighted by Gasteiger charge is 2.08. The number of hydrogen-bond donors (Lipinski definition) is 2. The SMILES string of the molecule is Oc1ccc(-c2ccn(-c3ccc(O)c(Cl)c3)n2)cc1Cl. The largest absolute Gasteiger partial charge is 0.506 e. The molecular formula is C15H10Cl2N2O2. The maximum Gasteiger partial charge on any atom is 0.134 e. The first-order valence-corrected chi connectivity index (χ1v) is 6.83. The van der Waals surface area contributed by atoms with Crippen LogP contribution in [0.15, 0.2) is 48.7 Å². The van der Waals surface area contributed by atoms with Crippen LogP contribution in [0, 0.1) is 0 Å². The lowest BCUT2D eigenvalue weighted by molar-refractivity contribution is 0.475. The molecular weight excluding hydrogens is 311 g/mol. The summed E-state index contributed by atoms with van der Waals surface area (Å²) in [5, 5.41) is 23.8. The van der Waals surface area contributed by atoms with Crippen LogP contribution in [0.25, 0.3) is 16.9 Å². The Morgan fingerprint density at radius 1 is 0.857 bits per heavy atom. The van der Waals surface area contributed by atoms with Crippen molar-refractivity contribution in [3.8, 4) is 28.4 Å². The molecule has 4 nitrogen and oxygen atoms in total. The molecule has 106 valence electrons. The van der Waals surface area contributed by atoms with Crippen LogP contribution in [0.1, 0.15) is 0 Å². The molecule has 2 aromatic carbocycles. The van der Waals surface area contributed by atoms with E-state index in [1.807, 2.05) is 6.07 Å². The normalized spacial score (nSPS) is 10.8. The van der Waals surface area contributed by atoms with Crippen LogP contribution in [-0.2, 0) is 0 Å². The summed E-state index contributed by atoms with van der Waals surface area (Å²) in [6.07, 6.45) is 1.78. The Labute approximate surface area is 130 Å². The summed E-state index contributed by atoms with van der Waals surface area (Å²) < 4.78 is 1.64. The van der Waals surface area contributed by atoms with Gasteiger partial charge >= 0.3 is 0 Å². The zero-order valence-electron chi connectivity index (χ0n) is 10.7. The molecule has 21 heavy (non-hydrogen) atoms. The molecule has 0 amide bonds. The van der Waals surface area contributed by atoms with E-state index < -0.39 is 0 Å². The van der Waals surface area contributed by atoms with E-state index in [1.54, 1.807) is 35.1 Å². The molecule has 3 aromatic rings. The van der Waals surface area contributed by atoms with Gasteiger partial charge in [0.2, 0.25) is 0 Å². The van der Waals surface area contributed by atoms with Crippen molar-refractivity contribution in [2.45, 2.75) is 0 Å². The molecule has 2 N–H and O–H groups in total. The van der Waals surface area contributed by atoms with Gasteiger partial charge in [0.15, 0.2) is 0 Å². The molecule has 0 unspecified atom stereocenters. The number of halogens is 2. The predicted molar refractivity (Wildman–Crippen MR) is 82.3 cm³/mol. The Kier molecular flexibility index (Phi) is 3.49. The molecule has 0 fully saturated rings. The fourth-order valence-electron chi connectivity index (χ4n) is 1.93. The van der Waals surface area contributed by atoms with E-state index in [0.717, 1.165) is 11.3 Å². The van der Waals surface area contributed by atoms with Gasteiger partial charge in [-0.25, -0.2) is 4.68 Å². The number of aromatic nitrogens is 2. The van der Waals surface area contributed by atoms with E-state index in [4.69, 9.17) is 23.2 Å². The van der Waals surface area contributed by atoms with E-state index in [0.29, 0.717) is 5.69 Å². The molecule has 0 saturated carbocycles. The van der Waals surface area contributed by atoms with Gasteiger partial charge in [0, 0.05) is 11.8 Å². The molecule has 0 aliphatic heterocycles. The molecule has 3 rings (SSSR count). The summed E-state index contributed by atoms with van der Waals surface area (Å²) in [4.78, 5) is 0. The minimum absolute atomic E-state index is 0.0260. The first-order chi connectivity index (χ1) is 10.0. The molecule has 0 radical (unpaired) electrons. The molecule has 0 saturated heterocycles. The monoisotopic (exact) mass is 320 g/mol. The van der Waals surface area contributed by atoms with E-state index in [-0.39, 0.29) is 21.5 Å². The fraction of sp³-hybridized carbons (Fsp3) is 0. The van der Waals surface area contributed by atoms with Crippen LogP contribution in [0.3, 0.4) is 0 Å². The van der Waals surface area contributed by atoms with Crippen LogP contribution < -0.4 is 0 Å². The third-order valence-electron chi connectivity index (χ3n) is 3.03. The Morgan fingerprint density at radius 2 is 1.52 bits per heavy atom. The van der Waals surface area contributed by atoms with Crippen LogP contribution >= 0.6 is 23.2 Å². The second kappa shape index (κ2) is 5.31. The van der Waals surface area contributed by atoms with Gasteiger partial charge in [-0.15, -0.1) is 0 Å². The van der Waals surface area contributed by atoms with Gasteiger partial charge in [-0.3, -0.25) is 0 Å². The third kappa shape index (κ3) is 2.68. The molecule has 0 aliphatic rings. The number of phenolic OH excluding ortho intramolecular Hbond substituents is 2. The zero-order valence-corrected chi connectivity index (χ0v) is 12.2. The molecule has 6 heteroatoms. The van der Waals surface area contributed by atoms with E-state index in [9.17, 15) is 10.2 Å². The van der Waals surface area contributed by atoms with Gasteiger partial charge in [0.1, 0.15) is 11.5 Å². The van der Waals surface area contributed by atoms with Gasteiger partial charge in [0.25, 0.3) is 0 Å². The predicted octanol–water partition coefficient (Wildman–Crippen LogP) is 4.26.